The molecule has 2 rings (SSSR count). The summed E-state index contributed by atoms with van der Waals surface area (Å²) in [6.07, 6.45) is -3.07. The van der Waals surface area contributed by atoms with Crippen molar-refractivity contribution in [2.75, 3.05) is 11.9 Å². The van der Waals surface area contributed by atoms with E-state index in [0.29, 0.717) is 12.8 Å². The van der Waals surface area contributed by atoms with E-state index in [4.69, 9.17) is 0 Å². The van der Waals surface area contributed by atoms with Crippen molar-refractivity contribution in [3.05, 3.63) is 29.8 Å². The lowest BCUT2D eigenvalue weighted by molar-refractivity contribution is -0.187. The van der Waals surface area contributed by atoms with Gasteiger partial charge >= 0.3 is 6.18 Å². The molecule has 5 heteroatoms. The second-order valence-electron chi connectivity index (χ2n) is 5.71. The van der Waals surface area contributed by atoms with Gasteiger partial charge in [0.25, 0.3) is 0 Å². The summed E-state index contributed by atoms with van der Waals surface area (Å²) in [5.74, 6) is -1.33. The van der Waals surface area contributed by atoms with Crippen LogP contribution in [0.1, 0.15) is 31.2 Å². The third kappa shape index (κ3) is 3.26. The van der Waals surface area contributed by atoms with Crippen LogP contribution in [-0.2, 0) is 0 Å². The maximum atomic E-state index is 12.9. The number of halogens is 3. The molecule has 0 bridgehead atoms. The number of benzene rings is 1. The highest BCUT2D eigenvalue weighted by molar-refractivity contribution is 5.52. The molecule has 0 spiro atoms. The van der Waals surface area contributed by atoms with Crippen molar-refractivity contribution in [3.63, 3.8) is 0 Å². The van der Waals surface area contributed by atoms with Crippen molar-refractivity contribution < 1.29 is 18.3 Å². The summed E-state index contributed by atoms with van der Waals surface area (Å²) in [6, 6.07) is 7.46. The summed E-state index contributed by atoms with van der Waals surface area (Å²) in [6.45, 7) is 1.62. The third-order valence-electron chi connectivity index (χ3n) is 4.16. The smallest absolute Gasteiger partial charge is 0.391 e. The van der Waals surface area contributed by atoms with Crippen LogP contribution < -0.4 is 5.32 Å². The first-order chi connectivity index (χ1) is 9.36. The van der Waals surface area contributed by atoms with Crippen molar-refractivity contribution in [2.24, 2.45) is 5.92 Å². The number of aliphatic hydroxyl groups excluding tert-OH is 1. The molecule has 2 atom stereocenters. The molecule has 0 amide bonds. The van der Waals surface area contributed by atoms with Crippen LogP contribution in [0.5, 0.6) is 0 Å². The Bertz CT molecular complexity index is 461. The highest BCUT2D eigenvalue weighted by Crippen LogP contribution is 2.43. The van der Waals surface area contributed by atoms with E-state index in [-0.39, 0.29) is 19.4 Å². The molecule has 0 saturated heterocycles. The van der Waals surface area contributed by atoms with Gasteiger partial charge in [-0.05, 0) is 37.8 Å². The molecular weight excluding hydrogens is 267 g/mol. The van der Waals surface area contributed by atoms with Gasteiger partial charge in [-0.1, -0.05) is 24.6 Å². The third-order valence-corrected chi connectivity index (χ3v) is 4.16. The Morgan fingerprint density at radius 2 is 2.05 bits per heavy atom. The summed E-state index contributed by atoms with van der Waals surface area (Å²) in [7, 11) is 0. The largest absolute Gasteiger partial charge is 0.394 e. The van der Waals surface area contributed by atoms with Crippen molar-refractivity contribution >= 4 is 5.69 Å². The lowest BCUT2D eigenvalue weighted by Crippen LogP contribution is -2.49. The maximum Gasteiger partial charge on any atom is 0.391 e. The zero-order chi connectivity index (χ0) is 14.8. The van der Waals surface area contributed by atoms with E-state index in [0.717, 1.165) is 11.3 Å². The Morgan fingerprint density at radius 1 is 1.35 bits per heavy atom. The molecule has 1 aromatic rings. The van der Waals surface area contributed by atoms with E-state index >= 15 is 0 Å². The fraction of sp³-hybridized carbons (Fsp3) is 0.600. The summed E-state index contributed by atoms with van der Waals surface area (Å²) in [5.41, 5.74) is 0.892. The van der Waals surface area contributed by atoms with Crippen LogP contribution in [0.25, 0.3) is 0 Å². The van der Waals surface area contributed by atoms with E-state index in [1.54, 1.807) is 0 Å². The number of aryl methyl sites for hydroxylation is 1. The van der Waals surface area contributed by atoms with Crippen molar-refractivity contribution in [1.82, 2.24) is 0 Å². The fourth-order valence-corrected chi connectivity index (χ4v) is 2.94. The molecule has 0 radical (unpaired) electrons. The standard InChI is InChI=1S/C15H20F3NO/c1-11-5-2-3-7-13(11)19-14(10-20)8-4-6-12(9-14)15(16,17)18/h2-3,5,7,12,19-20H,4,6,8-10H2,1H3. The topological polar surface area (TPSA) is 32.3 Å². The average molecular weight is 287 g/mol. The molecule has 112 valence electrons. The van der Waals surface area contributed by atoms with Gasteiger partial charge in [-0.2, -0.15) is 13.2 Å². The Hall–Kier alpha value is -1.23. The molecule has 0 aromatic heterocycles. The van der Waals surface area contributed by atoms with Gasteiger partial charge in [0.2, 0.25) is 0 Å². The molecule has 1 aromatic carbocycles. The molecule has 0 aliphatic heterocycles. The Morgan fingerprint density at radius 3 is 2.65 bits per heavy atom. The van der Waals surface area contributed by atoms with Gasteiger partial charge in [0.1, 0.15) is 0 Å². The van der Waals surface area contributed by atoms with Gasteiger partial charge in [-0.25, -0.2) is 0 Å². The summed E-state index contributed by atoms with van der Waals surface area (Å²) in [5, 5.41) is 12.8. The molecule has 1 aliphatic carbocycles. The Labute approximate surface area is 117 Å². The maximum absolute atomic E-state index is 12.9. The molecule has 1 saturated carbocycles. The summed E-state index contributed by atoms with van der Waals surface area (Å²) in [4.78, 5) is 0. The molecule has 0 heterocycles. The van der Waals surface area contributed by atoms with Gasteiger partial charge < -0.3 is 10.4 Å². The zero-order valence-corrected chi connectivity index (χ0v) is 11.5. The fourth-order valence-electron chi connectivity index (χ4n) is 2.94. The number of aliphatic hydroxyl groups is 1. The number of rotatable bonds is 3. The predicted octanol–water partition coefficient (Wildman–Crippen LogP) is 3.89. The number of nitrogens with one attached hydrogen (secondary N) is 1. The number of anilines is 1. The van der Waals surface area contributed by atoms with Gasteiger partial charge in [0.05, 0.1) is 18.1 Å². The monoisotopic (exact) mass is 287 g/mol. The number of para-hydroxylation sites is 1. The molecule has 1 aliphatic rings. The quantitative estimate of drug-likeness (QED) is 0.884. The average Bonchev–Trinajstić information content (AvgIpc) is 2.41. The first-order valence-electron chi connectivity index (χ1n) is 6.88. The predicted molar refractivity (Wildman–Crippen MR) is 72.6 cm³/mol. The molecule has 1 fully saturated rings. The molecular formula is C15H20F3NO. The highest BCUT2D eigenvalue weighted by atomic mass is 19.4. The van der Waals surface area contributed by atoms with E-state index in [1.807, 2.05) is 31.2 Å². The second-order valence-corrected chi connectivity index (χ2v) is 5.71. The zero-order valence-electron chi connectivity index (χ0n) is 11.5. The van der Waals surface area contributed by atoms with Gasteiger partial charge in [0.15, 0.2) is 0 Å². The van der Waals surface area contributed by atoms with E-state index in [2.05, 4.69) is 5.32 Å². The highest BCUT2D eigenvalue weighted by Gasteiger charge is 2.47. The number of hydrogen-bond acceptors (Lipinski definition) is 2. The van der Waals surface area contributed by atoms with Gasteiger partial charge in [-0.15, -0.1) is 0 Å². The van der Waals surface area contributed by atoms with E-state index in [9.17, 15) is 18.3 Å². The molecule has 2 unspecified atom stereocenters. The number of alkyl halides is 3. The molecule has 20 heavy (non-hydrogen) atoms. The first kappa shape index (κ1) is 15.2. The lowest BCUT2D eigenvalue weighted by atomic mass is 9.75. The van der Waals surface area contributed by atoms with Crippen LogP contribution in [0.4, 0.5) is 18.9 Å². The Balaban J connectivity index is 2.19. The van der Waals surface area contributed by atoms with Crippen molar-refractivity contribution in [3.8, 4) is 0 Å². The minimum Gasteiger partial charge on any atom is -0.394 e. The van der Waals surface area contributed by atoms with Crippen LogP contribution in [0.3, 0.4) is 0 Å². The normalized spacial score (nSPS) is 27.4. The SMILES string of the molecule is Cc1ccccc1NC1(CO)CCCC(C(F)(F)F)C1. The number of hydrogen-bond donors (Lipinski definition) is 2. The van der Waals surface area contributed by atoms with Crippen LogP contribution in [-0.4, -0.2) is 23.4 Å². The summed E-state index contributed by atoms with van der Waals surface area (Å²) < 4.78 is 38.8. The molecule has 2 N–H and O–H groups in total. The lowest BCUT2D eigenvalue weighted by Gasteiger charge is -2.42. The van der Waals surface area contributed by atoms with Crippen molar-refractivity contribution in [1.29, 1.82) is 0 Å². The van der Waals surface area contributed by atoms with Gasteiger partial charge in [-0.3, -0.25) is 0 Å². The summed E-state index contributed by atoms with van der Waals surface area (Å²) >= 11 is 0. The Kier molecular flexibility index (Phi) is 4.28. The van der Waals surface area contributed by atoms with Crippen LogP contribution in [0, 0.1) is 12.8 Å². The minimum atomic E-state index is -4.19. The van der Waals surface area contributed by atoms with Crippen LogP contribution in [0.15, 0.2) is 24.3 Å². The van der Waals surface area contributed by atoms with Crippen molar-refractivity contribution in [2.45, 2.75) is 44.3 Å². The van der Waals surface area contributed by atoms with Gasteiger partial charge in [0, 0.05) is 5.69 Å². The first-order valence-corrected chi connectivity index (χ1v) is 6.88. The second kappa shape index (κ2) is 5.64. The van der Waals surface area contributed by atoms with Crippen LogP contribution >= 0.6 is 0 Å². The van der Waals surface area contributed by atoms with E-state index in [1.165, 1.54) is 0 Å². The van der Waals surface area contributed by atoms with E-state index < -0.39 is 17.6 Å². The molecule has 2 nitrogen and oxygen atoms in total. The van der Waals surface area contributed by atoms with Crippen LogP contribution in [0.2, 0.25) is 0 Å². The minimum absolute atomic E-state index is 0.0681.